The zero-order chi connectivity index (χ0) is 21.1. The number of carboxylic acids is 1. The van der Waals surface area contributed by atoms with Gasteiger partial charge in [-0.3, -0.25) is 18.7 Å². The lowest BCUT2D eigenvalue weighted by Crippen LogP contribution is -2.44. The number of hydrogen-bond acceptors (Lipinski definition) is 6. The topological polar surface area (TPSA) is 114 Å². The van der Waals surface area contributed by atoms with Crippen molar-refractivity contribution in [1.29, 1.82) is 0 Å². The Hall–Kier alpha value is -2.88. The molecule has 0 spiro atoms. The summed E-state index contributed by atoms with van der Waals surface area (Å²) in [5.74, 6) is -0.278. The van der Waals surface area contributed by atoms with Gasteiger partial charge in [0.25, 0.3) is 5.56 Å². The van der Waals surface area contributed by atoms with E-state index in [9.17, 15) is 14.4 Å². The molecule has 2 aromatic rings. The van der Waals surface area contributed by atoms with E-state index in [1.165, 1.54) is 4.57 Å². The predicted octanol–water partition coefficient (Wildman–Crippen LogP) is 0.137. The Morgan fingerprint density at radius 3 is 2.52 bits per heavy atom. The number of imidazole rings is 1. The van der Waals surface area contributed by atoms with Gasteiger partial charge in [0, 0.05) is 52.7 Å². The van der Waals surface area contributed by atoms with Crippen molar-refractivity contribution in [3.05, 3.63) is 32.5 Å². The van der Waals surface area contributed by atoms with Crippen LogP contribution in [0.15, 0.2) is 21.2 Å². The van der Waals surface area contributed by atoms with Crippen molar-refractivity contribution in [3.8, 4) is 0 Å². The summed E-state index contributed by atoms with van der Waals surface area (Å²) in [5.41, 5.74) is 0.930. The smallest absolute Gasteiger partial charge is 0.332 e. The molecule has 10 nitrogen and oxygen atoms in total. The zero-order valence-corrected chi connectivity index (χ0v) is 17.1. The number of anilines is 1. The molecule has 0 aromatic carbocycles. The maximum absolute atomic E-state index is 13.2. The predicted molar refractivity (Wildman–Crippen MR) is 111 cm³/mol. The molecule has 0 aliphatic carbocycles. The maximum Gasteiger partial charge on any atom is 0.332 e. The Labute approximate surface area is 168 Å². The Kier molecular flexibility index (Phi) is 6.21. The van der Waals surface area contributed by atoms with Crippen molar-refractivity contribution in [2.24, 2.45) is 7.05 Å². The molecule has 0 amide bonds. The van der Waals surface area contributed by atoms with Crippen molar-refractivity contribution < 1.29 is 9.90 Å². The van der Waals surface area contributed by atoms with Gasteiger partial charge < -0.3 is 19.9 Å². The number of nitrogens with one attached hydrogen (secondary N) is 1. The zero-order valence-electron chi connectivity index (χ0n) is 17.1. The number of aryl methyl sites for hydroxylation is 1. The second-order valence-electron chi connectivity index (χ2n) is 7.51. The quantitative estimate of drug-likeness (QED) is 0.631. The van der Waals surface area contributed by atoms with Crippen LogP contribution in [0.2, 0.25) is 0 Å². The van der Waals surface area contributed by atoms with Crippen molar-refractivity contribution in [1.82, 2.24) is 24.0 Å². The first kappa shape index (κ1) is 20.8. The number of aromatic nitrogens is 4. The minimum Gasteiger partial charge on any atom is -0.481 e. The van der Waals surface area contributed by atoms with Crippen LogP contribution in [-0.4, -0.2) is 55.9 Å². The van der Waals surface area contributed by atoms with E-state index in [-0.39, 0.29) is 19.4 Å². The largest absolute Gasteiger partial charge is 0.481 e. The van der Waals surface area contributed by atoms with Crippen LogP contribution in [0.1, 0.15) is 26.7 Å². The molecule has 1 saturated heterocycles. The molecule has 1 aliphatic heterocycles. The fourth-order valence-electron chi connectivity index (χ4n) is 3.50. The molecule has 3 rings (SSSR count). The van der Waals surface area contributed by atoms with Crippen LogP contribution in [0.25, 0.3) is 11.2 Å². The minimum absolute atomic E-state index is 0.0601. The summed E-state index contributed by atoms with van der Waals surface area (Å²) in [4.78, 5) is 43.6. The second kappa shape index (κ2) is 8.64. The van der Waals surface area contributed by atoms with Gasteiger partial charge in [-0.2, -0.15) is 4.98 Å². The first-order valence-electron chi connectivity index (χ1n) is 9.82. The lowest BCUT2D eigenvalue weighted by atomic mass is 10.3. The second-order valence-corrected chi connectivity index (χ2v) is 7.51. The molecule has 1 aliphatic rings. The molecule has 0 radical (unpaired) electrons. The summed E-state index contributed by atoms with van der Waals surface area (Å²) in [5, 5.41) is 12.2. The van der Waals surface area contributed by atoms with Crippen LogP contribution in [0, 0.1) is 0 Å². The van der Waals surface area contributed by atoms with E-state index in [1.54, 1.807) is 7.05 Å². The number of rotatable bonds is 7. The van der Waals surface area contributed by atoms with Crippen molar-refractivity contribution in [2.75, 3.05) is 31.1 Å². The lowest BCUT2D eigenvalue weighted by molar-refractivity contribution is -0.137. The summed E-state index contributed by atoms with van der Waals surface area (Å²) < 4.78 is 4.36. The van der Waals surface area contributed by atoms with Gasteiger partial charge in [0.05, 0.1) is 0 Å². The fraction of sp³-hybridized carbons (Fsp3) is 0.579. The van der Waals surface area contributed by atoms with Crippen LogP contribution in [-0.2, 0) is 24.9 Å². The number of allylic oxidation sites excluding steroid dienone is 2. The van der Waals surface area contributed by atoms with E-state index in [0.29, 0.717) is 23.7 Å². The number of carboxylic acid groups (broad SMARTS) is 1. The summed E-state index contributed by atoms with van der Waals surface area (Å²) in [6.07, 6.45) is 2.13. The maximum atomic E-state index is 13.2. The van der Waals surface area contributed by atoms with Gasteiger partial charge in [0.2, 0.25) is 5.95 Å². The molecule has 0 bridgehead atoms. The highest BCUT2D eigenvalue weighted by molar-refractivity contribution is 5.74. The van der Waals surface area contributed by atoms with E-state index in [0.717, 1.165) is 36.3 Å². The number of fused-ring (bicyclic) bond motifs is 1. The molecule has 158 valence electrons. The monoisotopic (exact) mass is 404 g/mol. The highest BCUT2D eigenvalue weighted by atomic mass is 16.4. The molecular weight excluding hydrogens is 376 g/mol. The molecule has 1 fully saturated rings. The summed E-state index contributed by atoms with van der Waals surface area (Å²) in [7, 11) is 1.59. The fourth-order valence-corrected chi connectivity index (χ4v) is 3.50. The number of hydrogen-bond donors (Lipinski definition) is 2. The SMILES string of the molecule is CC(C)=CCn1c(N2CCNCC2)nc2c1c(=O)n(CCCC(=O)O)c(=O)n2C. The van der Waals surface area contributed by atoms with Crippen molar-refractivity contribution in [2.45, 2.75) is 39.8 Å². The van der Waals surface area contributed by atoms with E-state index < -0.39 is 17.2 Å². The average Bonchev–Trinajstić information content (AvgIpc) is 3.07. The standard InChI is InChI=1S/C19H28N6O4/c1-13(2)6-10-24-15-16(21-18(24)23-11-7-20-8-12-23)22(3)19(29)25(17(15)28)9-4-5-14(26)27/h6,20H,4-5,7-12H2,1-3H3,(H,26,27). The van der Waals surface area contributed by atoms with Crippen LogP contribution < -0.4 is 21.5 Å². The summed E-state index contributed by atoms with van der Waals surface area (Å²) >= 11 is 0. The third-order valence-electron chi connectivity index (χ3n) is 5.07. The molecule has 10 heteroatoms. The number of aliphatic carboxylic acids is 1. The highest BCUT2D eigenvalue weighted by Gasteiger charge is 2.24. The molecular formula is C19H28N6O4. The Balaban J connectivity index is 2.18. The average molecular weight is 404 g/mol. The molecule has 2 aromatic heterocycles. The van der Waals surface area contributed by atoms with Gasteiger partial charge in [-0.1, -0.05) is 11.6 Å². The first-order chi connectivity index (χ1) is 13.8. The highest BCUT2D eigenvalue weighted by Crippen LogP contribution is 2.20. The van der Waals surface area contributed by atoms with Crippen LogP contribution in [0.4, 0.5) is 5.95 Å². The third-order valence-corrected chi connectivity index (χ3v) is 5.07. The van der Waals surface area contributed by atoms with Gasteiger partial charge >= 0.3 is 11.7 Å². The Morgan fingerprint density at radius 1 is 1.21 bits per heavy atom. The lowest BCUT2D eigenvalue weighted by Gasteiger charge is -2.28. The molecule has 0 unspecified atom stereocenters. The Morgan fingerprint density at radius 2 is 1.90 bits per heavy atom. The molecule has 0 atom stereocenters. The van der Waals surface area contributed by atoms with Gasteiger partial charge in [0.15, 0.2) is 11.2 Å². The van der Waals surface area contributed by atoms with Gasteiger partial charge in [-0.25, -0.2) is 4.79 Å². The third kappa shape index (κ3) is 4.26. The first-order valence-corrected chi connectivity index (χ1v) is 9.82. The number of piperazine rings is 1. The van der Waals surface area contributed by atoms with E-state index in [1.807, 2.05) is 24.5 Å². The molecule has 2 N–H and O–H groups in total. The minimum atomic E-state index is -0.953. The van der Waals surface area contributed by atoms with Crippen molar-refractivity contribution in [3.63, 3.8) is 0 Å². The van der Waals surface area contributed by atoms with Crippen LogP contribution >= 0.6 is 0 Å². The molecule has 0 saturated carbocycles. The van der Waals surface area contributed by atoms with Gasteiger partial charge in [-0.15, -0.1) is 0 Å². The summed E-state index contributed by atoms with van der Waals surface area (Å²) in [6, 6.07) is 0. The van der Waals surface area contributed by atoms with E-state index in [2.05, 4.69) is 15.2 Å². The van der Waals surface area contributed by atoms with E-state index >= 15 is 0 Å². The van der Waals surface area contributed by atoms with Crippen LogP contribution in [0.5, 0.6) is 0 Å². The van der Waals surface area contributed by atoms with E-state index in [4.69, 9.17) is 5.11 Å². The number of carbonyl (C=O) groups is 1. The summed E-state index contributed by atoms with van der Waals surface area (Å²) in [6.45, 7) is 7.68. The normalized spacial score (nSPS) is 14.4. The Bertz CT molecular complexity index is 1050. The van der Waals surface area contributed by atoms with Crippen molar-refractivity contribution >= 4 is 23.1 Å². The van der Waals surface area contributed by atoms with Gasteiger partial charge in [0.1, 0.15) is 0 Å². The van der Waals surface area contributed by atoms with Crippen LogP contribution in [0.3, 0.4) is 0 Å². The van der Waals surface area contributed by atoms with Gasteiger partial charge in [-0.05, 0) is 20.3 Å². The molecule has 29 heavy (non-hydrogen) atoms. The number of nitrogens with zero attached hydrogens (tertiary/aromatic N) is 5. The molecule has 3 heterocycles.